The van der Waals surface area contributed by atoms with Crippen molar-refractivity contribution in [3.8, 4) is 0 Å². The third kappa shape index (κ3) is 4.18. The van der Waals surface area contributed by atoms with Crippen LogP contribution in [0.2, 0.25) is 0 Å². The zero-order valence-electron chi connectivity index (χ0n) is 11.5. The highest BCUT2D eigenvalue weighted by molar-refractivity contribution is 6.00. The molecule has 2 aromatic carbocycles. The van der Waals surface area contributed by atoms with Gasteiger partial charge in [-0.3, -0.25) is 15.6 Å². The van der Waals surface area contributed by atoms with Gasteiger partial charge in [0.1, 0.15) is 0 Å². The highest BCUT2D eigenvalue weighted by Crippen LogP contribution is 2.32. The van der Waals surface area contributed by atoms with Gasteiger partial charge in [-0.25, -0.2) is 4.79 Å². The fourth-order valence-electron chi connectivity index (χ4n) is 1.76. The molecule has 0 bridgehead atoms. The number of halogens is 3. The molecule has 0 fully saturated rings. The fraction of sp³-hybridized carbons (Fsp3) is 0.0667. The van der Waals surface area contributed by atoms with E-state index in [0.29, 0.717) is 11.8 Å². The number of alkyl halides is 3. The zero-order valence-corrected chi connectivity index (χ0v) is 11.5. The zero-order chi connectivity index (χ0) is 16.9. The molecule has 2 rings (SSSR count). The standard InChI is InChI=1S/C15H10F3N3O2/c16-15(17,18)10-6-7-13(19-9-22)12(8-10)14(23)21-20-11-4-2-1-3-5-11/h1-8,20H,(H,21,23). The number of carbonyl (C=O) groups is 1. The molecule has 0 aromatic heterocycles. The van der Waals surface area contributed by atoms with E-state index >= 15 is 0 Å². The number of hydrazine groups is 1. The van der Waals surface area contributed by atoms with Crippen molar-refractivity contribution in [2.24, 2.45) is 4.99 Å². The number of nitrogens with zero attached hydrogens (tertiary/aromatic N) is 1. The number of hydrogen-bond donors (Lipinski definition) is 2. The van der Waals surface area contributed by atoms with Gasteiger partial charge >= 0.3 is 6.18 Å². The predicted molar refractivity (Wildman–Crippen MR) is 76.8 cm³/mol. The number of para-hydroxylation sites is 1. The van der Waals surface area contributed by atoms with Crippen molar-refractivity contribution in [3.05, 3.63) is 59.7 Å². The van der Waals surface area contributed by atoms with E-state index in [0.717, 1.165) is 12.1 Å². The van der Waals surface area contributed by atoms with E-state index in [1.165, 1.54) is 6.08 Å². The van der Waals surface area contributed by atoms with Crippen LogP contribution in [-0.2, 0) is 11.0 Å². The first kappa shape index (κ1) is 16.3. The Kier molecular flexibility index (Phi) is 4.78. The summed E-state index contributed by atoms with van der Waals surface area (Å²) in [4.78, 5) is 25.7. The normalized spacial score (nSPS) is 10.6. The molecule has 0 spiro atoms. The summed E-state index contributed by atoms with van der Waals surface area (Å²) in [6.45, 7) is 0. The van der Waals surface area contributed by atoms with Gasteiger partial charge < -0.3 is 0 Å². The number of isocyanates is 1. The van der Waals surface area contributed by atoms with E-state index in [1.54, 1.807) is 30.3 Å². The van der Waals surface area contributed by atoms with E-state index in [9.17, 15) is 22.8 Å². The Balaban J connectivity index is 2.28. The molecular formula is C15H10F3N3O2. The Morgan fingerprint density at radius 3 is 2.39 bits per heavy atom. The molecule has 0 aliphatic carbocycles. The monoisotopic (exact) mass is 321 g/mol. The van der Waals surface area contributed by atoms with Crippen LogP contribution in [0.1, 0.15) is 15.9 Å². The maximum atomic E-state index is 12.7. The average molecular weight is 321 g/mol. The maximum Gasteiger partial charge on any atom is 0.416 e. The van der Waals surface area contributed by atoms with Gasteiger partial charge in [-0.05, 0) is 30.3 Å². The SMILES string of the molecule is O=C=Nc1ccc(C(F)(F)F)cc1C(=O)NNc1ccccc1. The minimum atomic E-state index is -4.62. The number of aliphatic imine (C=N–C) groups is 1. The molecule has 0 aliphatic rings. The van der Waals surface area contributed by atoms with E-state index in [4.69, 9.17) is 0 Å². The third-order valence-corrected chi connectivity index (χ3v) is 2.83. The lowest BCUT2D eigenvalue weighted by Crippen LogP contribution is -2.29. The van der Waals surface area contributed by atoms with Gasteiger partial charge in [-0.2, -0.15) is 18.2 Å². The number of hydrogen-bond acceptors (Lipinski definition) is 4. The van der Waals surface area contributed by atoms with E-state index in [1.807, 2.05) is 0 Å². The molecule has 0 radical (unpaired) electrons. The van der Waals surface area contributed by atoms with Crippen LogP contribution < -0.4 is 10.9 Å². The number of amides is 1. The number of anilines is 1. The second-order valence-electron chi connectivity index (χ2n) is 4.38. The molecule has 0 heterocycles. The first-order chi connectivity index (χ1) is 10.9. The third-order valence-electron chi connectivity index (χ3n) is 2.83. The van der Waals surface area contributed by atoms with Gasteiger partial charge in [0.25, 0.3) is 5.91 Å². The Hall–Kier alpha value is -3.12. The smallest absolute Gasteiger partial charge is 0.298 e. The molecule has 0 aliphatic heterocycles. The van der Waals surface area contributed by atoms with E-state index in [-0.39, 0.29) is 5.69 Å². The van der Waals surface area contributed by atoms with Crippen LogP contribution in [-0.4, -0.2) is 12.0 Å². The van der Waals surface area contributed by atoms with Crippen LogP contribution >= 0.6 is 0 Å². The molecule has 5 nitrogen and oxygen atoms in total. The van der Waals surface area contributed by atoms with Crippen molar-refractivity contribution in [3.63, 3.8) is 0 Å². The molecule has 118 valence electrons. The van der Waals surface area contributed by atoms with Crippen molar-refractivity contribution in [2.45, 2.75) is 6.18 Å². The summed E-state index contributed by atoms with van der Waals surface area (Å²) in [5, 5.41) is 0. The van der Waals surface area contributed by atoms with Gasteiger partial charge in [0, 0.05) is 0 Å². The van der Waals surface area contributed by atoms with Crippen molar-refractivity contribution in [1.29, 1.82) is 0 Å². The van der Waals surface area contributed by atoms with Gasteiger partial charge in [-0.15, -0.1) is 0 Å². The Morgan fingerprint density at radius 2 is 1.78 bits per heavy atom. The molecule has 0 saturated carbocycles. The molecule has 0 unspecified atom stereocenters. The molecule has 8 heteroatoms. The van der Waals surface area contributed by atoms with Gasteiger partial charge in [0.15, 0.2) is 0 Å². The lowest BCUT2D eigenvalue weighted by atomic mass is 10.1. The first-order valence-electron chi connectivity index (χ1n) is 6.32. The summed E-state index contributed by atoms with van der Waals surface area (Å²) >= 11 is 0. The summed E-state index contributed by atoms with van der Waals surface area (Å²) in [5.41, 5.74) is 3.71. The summed E-state index contributed by atoms with van der Waals surface area (Å²) in [6.07, 6.45) is -3.42. The molecule has 23 heavy (non-hydrogen) atoms. The van der Waals surface area contributed by atoms with Crippen LogP contribution in [0.25, 0.3) is 0 Å². The second-order valence-corrected chi connectivity index (χ2v) is 4.38. The number of carbonyl (C=O) groups excluding carboxylic acids is 2. The van der Waals surface area contributed by atoms with Crippen molar-refractivity contribution in [1.82, 2.24) is 5.43 Å². The minimum Gasteiger partial charge on any atom is -0.298 e. The molecule has 0 saturated heterocycles. The number of nitrogens with one attached hydrogen (secondary N) is 2. The van der Waals surface area contributed by atoms with Crippen LogP contribution in [0.3, 0.4) is 0 Å². The highest BCUT2D eigenvalue weighted by atomic mass is 19.4. The lowest BCUT2D eigenvalue weighted by molar-refractivity contribution is -0.137. The number of benzene rings is 2. The second kappa shape index (κ2) is 6.76. The van der Waals surface area contributed by atoms with Gasteiger partial charge in [0.05, 0.1) is 22.5 Å². The molecule has 1 amide bonds. The summed E-state index contributed by atoms with van der Waals surface area (Å²) < 4.78 is 38.2. The van der Waals surface area contributed by atoms with Crippen LogP contribution in [0.5, 0.6) is 0 Å². The molecule has 0 atom stereocenters. The van der Waals surface area contributed by atoms with Crippen molar-refractivity contribution < 1.29 is 22.8 Å². The lowest BCUT2D eigenvalue weighted by Gasteiger charge is -2.12. The Morgan fingerprint density at radius 1 is 1.09 bits per heavy atom. The summed E-state index contributed by atoms with van der Waals surface area (Å²) in [7, 11) is 0. The van der Waals surface area contributed by atoms with E-state index < -0.39 is 23.2 Å². The Bertz CT molecular complexity index is 754. The maximum absolute atomic E-state index is 12.7. The highest BCUT2D eigenvalue weighted by Gasteiger charge is 2.31. The fourth-order valence-corrected chi connectivity index (χ4v) is 1.76. The first-order valence-corrected chi connectivity index (χ1v) is 6.32. The van der Waals surface area contributed by atoms with Gasteiger partial charge in [0.2, 0.25) is 6.08 Å². The molecule has 2 aromatic rings. The van der Waals surface area contributed by atoms with Crippen LogP contribution in [0, 0.1) is 0 Å². The van der Waals surface area contributed by atoms with E-state index in [2.05, 4.69) is 15.8 Å². The largest absolute Gasteiger partial charge is 0.416 e. The summed E-state index contributed by atoms with van der Waals surface area (Å²) in [6, 6.07) is 10.8. The minimum absolute atomic E-state index is 0.208. The predicted octanol–water partition coefficient (Wildman–Crippen LogP) is 3.43. The summed E-state index contributed by atoms with van der Waals surface area (Å²) in [5.74, 6) is -0.867. The van der Waals surface area contributed by atoms with Gasteiger partial charge in [-0.1, -0.05) is 18.2 Å². The quantitative estimate of drug-likeness (QED) is 0.515. The molecule has 2 N–H and O–H groups in total. The topological polar surface area (TPSA) is 70.6 Å². The Labute approximate surface area is 128 Å². The number of rotatable bonds is 4. The average Bonchev–Trinajstić information content (AvgIpc) is 2.53. The van der Waals surface area contributed by atoms with Crippen molar-refractivity contribution in [2.75, 3.05) is 5.43 Å². The molecular weight excluding hydrogens is 311 g/mol. The van der Waals surface area contributed by atoms with Crippen LogP contribution in [0.15, 0.2) is 53.5 Å². The van der Waals surface area contributed by atoms with Crippen LogP contribution in [0.4, 0.5) is 24.5 Å². The van der Waals surface area contributed by atoms with Crippen molar-refractivity contribution >= 4 is 23.4 Å².